The molecule has 0 unspecified atom stereocenters. The van der Waals surface area contributed by atoms with Crippen molar-refractivity contribution in [3.8, 4) is 0 Å². The fraction of sp³-hybridized carbons (Fsp3) is 0.455. The van der Waals surface area contributed by atoms with E-state index in [-0.39, 0.29) is 0 Å². The average molecular weight is 385 g/mol. The Hall–Kier alpha value is -1.69. The maximum Gasteiger partial charge on any atom is 0.175 e. The van der Waals surface area contributed by atoms with Gasteiger partial charge >= 0.3 is 0 Å². The molecule has 0 radical (unpaired) electrons. The van der Waals surface area contributed by atoms with Crippen LogP contribution in [0.25, 0.3) is 0 Å². The molecular formula is C22H28N2O2S. The Bertz CT molecular complexity index is 922. The molecule has 27 heavy (non-hydrogen) atoms. The summed E-state index contributed by atoms with van der Waals surface area (Å²) in [6.45, 7) is 2.06. The van der Waals surface area contributed by atoms with Crippen molar-refractivity contribution >= 4 is 9.84 Å². The van der Waals surface area contributed by atoms with Gasteiger partial charge in [-0.15, -0.1) is 0 Å². The highest BCUT2D eigenvalue weighted by atomic mass is 32.2. The number of likely N-dealkylation sites (N-methyl/N-ethyl adjacent to an activating group) is 1. The van der Waals surface area contributed by atoms with Gasteiger partial charge in [0.15, 0.2) is 9.84 Å². The smallest absolute Gasteiger partial charge is 0.175 e. The molecule has 0 N–H and O–H groups in total. The maximum atomic E-state index is 11.8. The van der Waals surface area contributed by atoms with Crippen molar-refractivity contribution in [3.63, 3.8) is 0 Å². The summed E-state index contributed by atoms with van der Waals surface area (Å²) in [5.74, 6) is 0.390. The molecule has 1 aliphatic carbocycles. The minimum absolute atomic E-state index is 0.390. The number of aryl methyl sites for hydroxylation is 1. The quantitative estimate of drug-likeness (QED) is 0.812. The van der Waals surface area contributed by atoms with Gasteiger partial charge in [0.2, 0.25) is 0 Å². The molecule has 5 heteroatoms. The summed E-state index contributed by atoms with van der Waals surface area (Å²) in [5, 5.41) is 0. The van der Waals surface area contributed by atoms with Crippen LogP contribution in [0.3, 0.4) is 0 Å². The highest BCUT2D eigenvalue weighted by Gasteiger charge is 2.40. The van der Waals surface area contributed by atoms with Crippen LogP contribution < -0.4 is 0 Å². The second kappa shape index (κ2) is 7.04. The molecule has 0 aromatic heterocycles. The first-order chi connectivity index (χ1) is 12.8. The fourth-order valence-corrected chi connectivity index (χ4v) is 5.43. The van der Waals surface area contributed by atoms with Crippen LogP contribution in [-0.2, 0) is 16.3 Å². The molecule has 0 amide bonds. The zero-order valence-corrected chi connectivity index (χ0v) is 17.1. The standard InChI is InChI=1S/C22H28N2O2S/c1-23(2)22-15-24(21-13-10-16-6-4-5-7-19(16)21)14-20(22)17-8-11-18(12-9-17)27(3,25)26/h4-9,11-12,20-22H,10,13-15H2,1-3H3/t20-,21+,22+/m1/s1. The van der Waals surface area contributed by atoms with Gasteiger partial charge in [0.25, 0.3) is 0 Å². The van der Waals surface area contributed by atoms with Gasteiger partial charge in [-0.3, -0.25) is 4.90 Å². The van der Waals surface area contributed by atoms with E-state index in [2.05, 4.69) is 48.2 Å². The highest BCUT2D eigenvalue weighted by molar-refractivity contribution is 7.90. The van der Waals surface area contributed by atoms with Crippen molar-refractivity contribution in [2.24, 2.45) is 0 Å². The molecule has 2 aromatic rings. The first-order valence-electron chi connectivity index (χ1n) is 9.63. The topological polar surface area (TPSA) is 40.6 Å². The van der Waals surface area contributed by atoms with E-state index >= 15 is 0 Å². The molecule has 3 atom stereocenters. The number of nitrogens with zero attached hydrogens (tertiary/aromatic N) is 2. The molecular weight excluding hydrogens is 356 g/mol. The summed E-state index contributed by atoms with van der Waals surface area (Å²) < 4.78 is 23.5. The van der Waals surface area contributed by atoms with Gasteiger partial charge in [-0.05, 0) is 55.8 Å². The molecule has 1 heterocycles. The molecule has 4 rings (SSSR count). The number of fused-ring (bicyclic) bond motifs is 1. The van der Waals surface area contributed by atoms with Gasteiger partial charge < -0.3 is 4.90 Å². The first-order valence-corrected chi connectivity index (χ1v) is 11.5. The predicted octanol–water partition coefficient (Wildman–Crippen LogP) is 3.11. The number of hydrogen-bond donors (Lipinski definition) is 0. The van der Waals surface area contributed by atoms with Crippen LogP contribution in [0.1, 0.15) is 35.1 Å². The zero-order valence-electron chi connectivity index (χ0n) is 16.3. The van der Waals surface area contributed by atoms with E-state index in [9.17, 15) is 8.42 Å². The Morgan fingerprint density at radius 2 is 1.70 bits per heavy atom. The molecule has 1 fully saturated rings. The lowest BCUT2D eigenvalue weighted by molar-refractivity contribution is 0.216. The van der Waals surface area contributed by atoms with Gasteiger partial charge in [0, 0.05) is 37.3 Å². The number of benzene rings is 2. The second-order valence-corrected chi connectivity index (χ2v) is 10.2. The Balaban J connectivity index is 1.60. The Morgan fingerprint density at radius 3 is 2.37 bits per heavy atom. The third kappa shape index (κ3) is 3.56. The van der Waals surface area contributed by atoms with Crippen LogP contribution in [0.15, 0.2) is 53.4 Å². The van der Waals surface area contributed by atoms with E-state index < -0.39 is 9.84 Å². The number of rotatable bonds is 4. The molecule has 2 aliphatic rings. The molecule has 0 spiro atoms. The van der Waals surface area contributed by atoms with Gasteiger partial charge in [-0.25, -0.2) is 8.42 Å². The Labute approximate surface area is 162 Å². The summed E-state index contributed by atoms with van der Waals surface area (Å²) in [7, 11) is 1.14. The van der Waals surface area contributed by atoms with E-state index in [1.165, 1.54) is 29.4 Å². The second-order valence-electron chi connectivity index (χ2n) is 8.19. The minimum atomic E-state index is -3.15. The van der Waals surface area contributed by atoms with Crippen molar-refractivity contribution in [1.29, 1.82) is 0 Å². The lowest BCUT2D eigenvalue weighted by atomic mass is 9.94. The molecule has 2 aromatic carbocycles. The number of sulfone groups is 1. The normalized spacial score (nSPS) is 25.9. The van der Waals surface area contributed by atoms with Crippen LogP contribution >= 0.6 is 0 Å². The summed E-state index contributed by atoms with van der Waals surface area (Å²) >= 11 is 0. The summed E-state index contributed by atoms with van der Waals surface area (Å²) in [6.07, 6.45) is 3.62. The van der Waals surface area contributed by atoms with Gasteiger partial charge in [-0.2, -0.15) is 0 Å². The van der Waals surface area contributed by atoms with Crippen molar-refractivity contribution < 1.29 is 8.42 Å². The van der Waals surface area contributed by atoms with E-state index in [1.54, 1.807) is 12.1 Å². The van der Waals surface area contributed by atoms with Gasteiger partial charge in [-0.1, -0.05) is 36.4 Å². The molecule has 144 valence electrons. The van der Waals surface area contributed by atoms with E-state index in [4.69, 9.17) is 0 Å². The fourth-order valence-electron chi connectivity index (χ4n) is 4.80. The lowest BCUT2D eigenvalue weighted by Crippen LogP contribution is -2.35. The van der Waals surface area contributed by atoms with Crippen LogP contribution in [0.2, 0.25) is 0 Å². The summed E-state index contributed by atoms with van der Waals surface area (Å²) in [5.41, 5.74) is 4.21. The molecule has 1 aliphatic heterocycles. The monoisotopic (exact) mass is 384 g/mol. The molecule has 1 saturated heterocycles. The van der Waals surface area contributed by atoms with Gasteiger partial charge in [0.05, 0.1) is 4.90 Å². The minimum Gasteiger partial charge on any atom is -0.305 e. The number of hydrogen-bond acceptors (Lipinski definition) is 4. The number of likely N-dealkylation sites (tertiary alicyclic amines) is 1. The predicted molar refractivity (Wildman–Crippen MR) is 109 cm³/mol. The summed E-state index contributed by atoms with van der Waals surface area (Å²) in [6, 6.07) is 17.3. The lowest BCUT2D eigenvalue weighted by Gasteiger charge is -2.26. The van der Waals surface area contributed by atoms with E-state index in [0.717, 1.165) is 19.5 Å². The van der Waals surface area contributed by atoms with Crippen molar-refractivity contribution in [3.05, 3.63) is 65.2 Å². The third-order valence-corrected chi connectivity index (χ3v) is 7.39. The third-order valence-electron chi connectivity index (χ3n) is 6.26. The van der Waals surface area contributed by atoms with E-state index in [1.807, 2.05) is 12.1 Å². The van der Waals surface area contributed by atoms with Crippen molar-refractivity contribution in [1.82, 2.24) is 9.80 Å². The SMILES string of the molecule is CN(C)[C@H]1CN([C@H]2CCc3ccccc32)C[C@@H]1c1ccc(S(C)(=O)=O)cc1. The van der Waals surface area contributed by atoms with Gasteiger partial charge in [0.1, 0.15) is 0 Å². The zero-order chi connectivity index (χ0) is 19.2. The van der Waals surface area contributed by atoms with Crippen molar-refractivity contribution in [2.75, 3.05) is 33.4 Å². The largest absolute Gasteiger partial charge is 0.305 e. The average Bonchev–Trinajstić information content (AvgIpc) is 3.25. The first kappa shape index (κ1) is 18.7. The van der Waals surface area contributed by atoms with Crippen LogP contribution in [0.4, 0.5) is 0 Å². The maximum absolute atomic E-state index is 11.8. The molecule has 4 nitrogen and oxygen atoms in total. The molecule has 0 saturated carbocycles. The van der Waals surface area contributed by atoms with Crippen LogP contribution in [0, 0.1) is 0 Å². The van der Waals surface area contributed by atoms with Crippen LogP contribution in [0.5, 0.6) is 0 Å². The summed E-state index contributed by atoms with van der Waals surface area (Å²) in [4.78, 5) is 5.34. The highest BCUT2D eigenvalue weighted by Crippen LogP contribution is 2.41. The molecule has 0 bridgehead atoms. The van der Waals surface area contributed by atoms with Crippen LogP contribution in [-0.4, -0.2) is 57.7 Å². The van der Waals surface area contributed by atoms with Crippen molar-refractivity contribution in [2.45, 2.75) is 35.7 Å². The Kier molecular flexibility index (Phi) is 4.87. The van der Waals surface area contributed by atoms with E-state index in [0.29, 0.717) is 22.9 Å². The Morgan fingerprint density at radius 1 is 1.00 bits per heavy atom.